The van der Waals surface area contributed by atoms with Gasteiger partial charge in [0.15, 0.2) is 5.78 Å². The van der Waals surface area contributed by atoms with Crippen molar-refractivity contribution in [3.8, 4) is 33.0 Å². The van der Waals surface area contributed by atoms with Gasteiger partial charge < -0.3 is 10.3 Å². The normalized spacial score (nSPS) is 14.0. The van der Waals surface area contributed by atoms with Gasteiger partial charge in [-0.3, -0.25) is 14.9 Å². The zero-order chi connectivity index (χ0) is 27.1. The van der Waals surface area contributed by atoms with Gasteiger partial charge in [-0.05, 0) is 85.8 Å². The van der Waals surface area contributed by atoms with Gasteiger partial charge in [-0.1, -0.05) is 18.9 Å². The van der Waals surface area contributed by atoms with E-state index < -0.39 is 0 Å². The third kappa shape index (κ3) is 4.74. The summed E-state index contributed by atoms with van der Waals surface area (Å²) in [6.07, 6.45) is 11.1. The van der Waals surface area contributed by atoms with E-state index in [0.717, 1.165) is 78.8 Å². The van der Waals surface area contributed by atoms with Gasteiger partial charge in [0.25, 0.3) is 0 Å². The average molecular weight is 547 g/mol. The number of pyridine rings is 2. The predicted octanol–water partition coefficient (Wildman–Crippen LogP) is 7.38. The summed E-state index contributed by atoms with van der Waals surface area (Å²) in [4.78, 5) is 26.2. The Hall–Kier alpha value is -4.14. The highest BCUT2D eigenvalue weighted by molar-refractivity contribution is 7.17. The summed E-state index contributed by atoms with van der Waals surface area (Å²) in [5, 5.41) is 13.5. The Labute approximate surface area is 236 Å². The Bertz CT molecular complexity index is 1840. The Morgan fingerprint density at radius 3 is 2.77 bits per heavy atom. The molecule has 1 aromatic carbocycles. The molecule has 0 aliphatic heterocycles. The van der Waals surface area contributed by atoms with Crippen LogP contribution in [0.5, 0.6) is 0 Å². The molecule has 0 amide bonds. The SMILES string of the molecule is CC(=O)c1ccc(-c2ccnc3[nH]c(-c4n[nH]c5ccc(-c6cncc(CNCC7CCCC7)c6)cc45)cc23)s1. The lowest BCUT2D eigenvalue weighted by atomic mass is 10.0. The van der Waals surface area contributed by atoms with Gasteiger partial charge in [-0.25, -0.2) is 4.98 Å². The summed E-state index contributed by atoms with van der Waals surface area (Å²) in [7, 11) is 0. The van der Waals surface area contributed by atoms with Gasteiger partial charge >= 0.3 is 0 Å². The van der Waals surface area contributed by atoms with Gasteiger partial charge in [0.1, 0.15) is 11.3 Å². The molecule has 7 rings (SSSR count). The van der Waals surface area contributed by atoms with E-state index in [1.54, 1.807) is 13.1 Å². The molecule has 200 valence electrons. The first kappa shape index (κ1) is 24.9. The van der Waals surface area contributed by atoms with Crippen molar-refractivity contribution in [2.45, 2.75) is 39.2 Å². The van der Waals surface area contributed by atoms with Gasteiger partial charge in [0, 0.05) is 51.9 Å². The lowest BCUT2D eigenvalue weighted by molar-refractivity contribution is 0.102. The van der Waals surface area contributed by atoms with Crippen LogP contribution in [0, 0.1) is 5.92 Å². The van der Waals surface area contributed by atoms with Gasteiger partial charge in [0.2, 0.25) is 0 Å². The second-order valence-corrected chi connectivity index (χ2v) is 11.8. The fourth-order valence-electron chi connectivity index (χ4n) is 5.82. The smallest absolute Gasteiger partial charge is 0.169 e. The molecule has 1 fully saturated rings. The van der Waals surface area contributed by atoms with Crippen molar-refractivity contribution < 1.29 is 4.79 Å². The summed E-state index contributed by atoms with van der Waals surface area (Å²) in [6, 6.07) is 16.6. The molecule has 0 atom stereocenters. The van der Waals surface area contributed by atoms with Crippen LogP contribution in [0.1, 0.15) is 47.8 Å². The number of hydrogen-bond acceptors (Lipinski definition) is 6. The Balaban J connectivity index is 1.20. The molecule has 8 heteroatoms. The molecular weight excluding hydrogens is 516 g/mol. The van der Waals surface area contributed by atoms with Gasteiger partial charge in [0.05, 0.1) is 16.1 Å². The van der Waals surface area contributed by atoms with Crippen LogP contribution in [0.3, 0.4) is 0 Å². The first-order valence-electron chi connectivity index (χ1n) is 13.8. The van der Waals surface area contributed by atoms with Crippen molar-refractivity contribution in [2.75, 3.05) is 6.54 Å². The number of carbonyl (C=O) groups is 1. The number of aromatic nitrogens is 5. The third-order valence-corrected chi connectivity index (χ3v) is 9.15. The number of carbonyl (C=O) groups excluding carboxylic acids is 1. The average Bonchev–Trinajstić information content (AvgIpc) is 3.78. The lowest BCUT2D eigenvalue weighted by Crippen LogP contribution is -2.20. The van der Waals surface area contributed by atoms with E-state index in [-0.39, 0.29) is 5.78 Å². The minimum absolute atomic E-state index is 0.0798. The largest absolute Gasteiger partial charge is 0.338 e. The Morgan fingerprint density at radius 1 is 1.02 bits per heavy atom. The summed E-state index contributed by atoms with van der Waals surface area (Å²) in [6.45, 7) is 3.52. The predicted molar refractivity (Wildman–Crippen MR) is 161 cm³/mol. The van der Waals surface area contributed by atoms with E-state index in [0.29, 0.717) is 0 Å². The monoisotopic (exact) mass is 546 g/mol. The maximum Gasteiger partial charge on any atom is 0.169 e. The highest BCUT2D eigenvalue weighted by Crippen LogP contribution is 2.37. The van der Waals surface area contributed by atoms with E-state index in [4.69, 9.17) is 0 Å². The Kier molecular flexibility index (Phi) is 6.49. The summed E-state index contributed by atoms with van der Waals surface area (Å²) in [5.74, 6) is 0.897. The number of nitrogens with zero attached hydrogens (tertiary/aromatic N) is 3. The van der Waals surface area contributed by atoms with Gasteiger partial charge in [-0.15, -0.1) is 11.3 Å². The van der Waals surface area contributed by atoms with Crippen LogP contribution in [0.15, 0.2) is 67.1 Å². The summed E-state index contributed by atoms with van der Waals surface area (Å²) in [5.41, 5.74) is 7.94. The van der Waals surface area contributed by atoms with Crippen molar-refractivity contribution in [1.29, 1.82) is 0 Å². The molecule has 3 N–H and O–H groups in total. The fraction of sp³-hybridized carbons (Fsp3) is 0.250. The van der Waals surface area contributed by atoms with E-state index in [9.17, 15) is 4.79 Å². The van der Waals surface area contributed by atoms with Crippen LogP contribution >= 0.6 is 11.3 Å². The van der Waals surface area contributed by atoms with Crippen LogP contribution in [-0.2, 0) is 6.54 Å². The minimum atomic E-state index is 0.0798. The number of thiophene rings is 1. The molecule has 40 heavy (non-hydrogen) atoms. The molecule has 1 aliphatic carbocycles. The molecule has 1 aliphatic rings. The summed E-state index contributed by atoms with van der Waals surface area (Å²) < 4.78 is 0. The highest BCUT2D eigenvalue weighted by Gasteiger charge is 2.17. The molecular formula is C32H30N6OS. The molecule has 5 aromatic heterocycles. The molecule has 1 saturated carbocycles. The standard InChI is InChI=1S/C32H30N6OS/c1-19(39)29-8-9-30(40-29)24-10-11-35-32-25(24)14-28(36-32)31-26-13-22(6-7-27(26)37-38-31)23-12-21(17-34-18-23)16-33-15-20-4-2-3-5-20/h6-14,17-18,20,33H,2-5,15-16H2,1H3,(H,35,36)(H,37,38). The minimum Gasteiger partial charge on any atom is -0.338 e. The van der Waals surface area contributed by atoms with E-state index in [1.165, 1.54) is 42.6 Å². The fourth-order valence-corrected chi connectivity index (χ4v) is 6.76. The van der Waals surface area contributed by atoms with Crippen molar-refractivity contribution in [1.82, 2.24) is 30.5 Å². The second kappa shape index (κ2) is 10.4. The molecule has 0 radical (unpaired) electrons. The maximum atomic E-state index is 11.9. The quantitative estimate of drug-likeness (QED) is 0.173. The number of rotatable bonds is 8. The number of hydrogen-bond donors (Lipinski definition) is 3. The lowest BCUT2D eigenvalue weighted by Gasteiger charge is -2.11. The van der Waals surface area contributed by atoms with Crippen LogP contribution in [0.2, 0.25) is 0 Å². The van der Waals surface area contributed by atoms with Gasteiger partial charge in [-0.2, -0.15) is 5.10 Å². The molecule has 0 spiro atoms. The number of ketones is 1. The summed E-state index contributed by atoms with van der Waals surface area (Å²) >= 11 is 1.51. The maximum absolute atomic E-state index is 11.9. The zero-order valence-corrected chi connectivity index (χ0v) is 23.1. The van der Waals surface area contributed by atoms with E-state index in [2.05, 4.69) is 60.8 Å². The van der Waals surface area contributed by atoms with E-state index >= 15 is 0 Å². The topological polar surface area (TPSA) is 99.4 Å². The second-order valence-electron chi connectivity index (χ2n) is 10.7. The number of benzene rings is 1. The third-order valence-electron chi connectivity index (χ3n) is 7.93. The molecule has 0 saturated heterocycles. The number of Topliss-reactive ketones (excluding diaryl/α,β-unsaturated/α-hetero) is 1. The molecule has 6 aromatic rings. The first-order chi connectivity index (χ1) is 19.6. The molecule has 0 bridgehead atoms. The Morgan fingerprint density at radius 2 is 1.93 bits per heavy atom. The zero-order valence-electron chi connectivity index (χ0n) is 22.3. The van der Waals surface area contributed by atoms with Crippen LogP contribution in [-0.4, -0.2) is 37.5 Å². The number of H-pyrrole nitrogens is 2. The van der Waals surface area contributed by atoms with Crippen LogP contribution in [0.4, 0.5) is 0 Å². The van der Waals surface area contributed by atoms with Crippen molar-refractivity contribution in [3.63, 3.8) is 0 Å². The van der Waals surface area contributed by atoms with E-state index in [1.807, 2.05) is 30.6 Å². The van der Waals surface area contributed by atoms with Crippen LogP contribution in [0.25, 0.3) is 54.9 Å². The highest BCUT2D eigenvalue weighted by atomic mass is 32.1. The number of nitrogens with one attached hydrogen (secondary N) is 3. The van der Waals surface area contributed by atoms with Crippen molar-refractivity contribution >= 4 is 39.1 Å². The number of fused-ring (bicyclic) bond motifs is 2. The van der Waals surface area contributed by atoms with Crippen LogP contribution < -0.4 is 5.32 Å². The molecule has 5 heterocycles. The molecule has 7 nitrogen and oxygen atoms in total. The van der Waals surface area contributed by atoms with Crippen molar-refractivity contribution in [2.24, 2.45) is 5.92 Å². The van der Waals surface area contributed by atoms with Crippen molar-refractivity contribution in [3.05, 3.63) is 77.6 Å². The number of aromatic amines is 2. The molecule has 0 unspecified atom stereocenters. The first-order valence-corrected chi connectivity index (χ1v) is 14.7.